The van der Waals surface area contributed by atoms with Gasteiger partial charge in [0.05, 0.1) is 0 Å². The molecule has 1 fully saturated rings. The van der Waals surface area contributed by atoms with E-state index in [1.54, 1.807) is 0 Å². The van der Waals surface area contributed by atoms with E-state index in [0.717, 1.165) is 56.0 Å². The Labute approximate surface area is 113 Å². The summed E-state index contributed by atoms with van der Waals surface area (Å²) < 4.78 is 5.93. The van der Waals surface area contributed by atoms with Crippen molar-refractivity contribution in [2.75, 3.05) is 26.2 Å². The molecule has 4 nitrogen and oxygen atoms in total. The van der Waals surface area contributed by atoms with Gasteiger partial charge >= 0.3 is 0 Å². The fourth-order valence-corrected chi connectivity index (χ4v) is 2.81. The highest BCUT2D eigenvalue weighted by molar-refractivity contribution is 5.73. The van der Waals surface area contributed by atoms with E-state index in [4.69, 9.17) is 10.2 Å². The summed E-state index contributed by atoms with van der Waals surface area (Å²) in [6, 6.07) is 6.19. The van der Waals surface area contributed by atoms with Gasteiger partial charge in [0.2, 0.25) is 0 Å². The van der Waals surface area contributed by atoms with Crippen molar-refractivity contribution in [1.82, 2.24) is 9.88 Å². The van der Waals surface area contributed by atoms with Crippen LogP contribution in [0.1, 0.15) is 30.2 Å². The van der Waals surface area contributed by atoms with Gasteiger partial charge in [-0.05, 0) is 50.6 Å². The predicted molar refractivity (Wildman–Crippen MR) is 76.2 cm³/mol. The number of nitrogens with zero attached hydrogens (tertiary/aromatic N) is 2. The van der Waals surface area contributed by atoms with E-state index in [1.165, 1.54) is 5.56 Å². The fraction of sp³-hybridized carbons (Fsp3) is 0.533. The van der Waals surface area contributed by atoms with Gasteiger partial charge in [-0.25, -0.2) is 4.98 Å². The Balaban J connectivity index is 1.74. The highest BCUT2D eigenvalue weighted by atomic mass is 16.3. The normalized spacial score (nSPS) is 18.2. The number of fused-ring (bicyclic) bond motifs is 1. The second kappa shape index (κ2) is 5.31. The van der Waals surface area contributed by atoms with Gasteiger partial charge in [0.1, 0.15) is 5.52 Å². The van der Waals surface area contributed by atoms with Crippen LogP contribution in [0.15, 0.2) is 22.6 Å². The van der Waals surface area contributed by atoms with E-state index in [1.807, 2.05) is 6.07 Å². The van der Waals surface area contributed by atoms with Crippen molar-refractivity contribution in [3.05, 3.63) is 29.7 Å². The lowest BCUT2D eigenvalue weighted by Crippen LogP contribution is -2.36. The number of hydrogen-bond acceptors (Lipinski definition) is 4. The standard InChI is InChI=1S/C15H21N3O/c1-11-2-3-13-14(10-11)19-15(17-13)12-4-7-18(8-5-12)9-6-16/h2-3,10,12H,4-9,16H2,1H3. The molecule has 1 aromatic carbocycles. The second-order valence-corrected chi connectivity index (χ2v) is 5.43. The largest absolute Gasteiger partial charge is 0.440 e. The first kappa shape index (κ1) is 12.6. The van der Waals surface area contributed by atoms with Gasteiger partial charge in [-0.15, -0.1) is 0 Å². The van der Waals surface area contributed by atoms with E-state index in [0.29, 0.717) is 5.92 Å². The maximum absolute atomic E-state index is 5.93. The van der Waals surface area contributed by atoms with Crippen LogP contribution in [0.2, 0.25) is 0 Å². The molecule has 19 heavy (non-hydrogen) atoms. The molecule has 4 heteroatoms. The number of benzene rings is 1. The topological polar surface area (TPSA) is 55.3 Å². The molecule has 0 bridgehead atoms. The summed E-state index contributed by atoms with van der Waals surface area (Å²) in [5.74, 6) is 1.37. The van der Waals surface area contributed by atoms with Gasteiger partial charge in [-0.2, -0.15) is 0 Å². The Morgan fingerprint density at radius 1 is 1.37 bits per heavy atom. The van der Waals surface area contributed by atoms with Gasteiger partial charge in [-0.1, -0.05) is 6.07 Å². The Morgan fingerprint density at radius 3 is 2.89 bits per heavy atom. The predicted octanol–water partition coefficient (Wildman–Crippen LogP) is 2.27. The molecule has 1 aromatic heterocycles. The van der Waals surface area contributed by atoms with Crippen LogP contribution in [-0.2, 0) is 0 Å². The molecule has 0 saturated carbocycles. The molecule has 0 aliphatic carbocycles. The Morgan fingerprint density at radius 2 is 2.16 bits per heavy atom. The van der Waals surface area contributed by atoms with Crippen LogP contribution >= 0.6 is 0 Å². The zero-order valence-corrected chi connectivity index (χ0v) is 11.4. The van der Waals surface area contributed by atoms with Crippen molar-refractivity contribution in [1.29, 1.82) is 0 Å². The summed E-state index contributed by atoms with van der Waals surface area (Å²) in [5.41, 5.74) is 8.71. The monoisotopic (exact) mass is 259 g/mol. The Bertz CT molecular complexity index is 556. The molecule has 1 aliphatic heterocycles. The van der Waals surface area contributed by atoms with Crippen LogP contribution in [-0.4, -0.2) is 36.1 Å². The third-order valence-electron chi connectivity index (χ3n) is 3.94. The fourth-order valence-electron chi connectivity index (χ4n) is 2.81. The molecule has 1 saturated heterocycles. The number of aryl methyl sites for hydroxylation is 1. The number of likely N-dealkylation sites (tertiary alicyclic amines) is 1. The molecular formula is C15H21N3O. The van der Waals surface area contributed by atoms with Gasteiger partial charge in [0, 0.05) is 19.0 Å². The average molecular weight is 259 g/mol. The van der Waals surface area contributed by atoms with Crippen molar-refractivity contribution in [2.24, 2.45) is 5.73 Å². The van der Waals surface area contributed by atoms with Gasteiger partial charge in [0.15, 0.2) is 11.5 Å². The number of hydrogen-bond donors (Lipinski definition) is 1. The molecular weight excluding hydrogens is 238 g/mol. The lowest BCUT2D eigenvalue weighted by atomic mass is 9.97. The van der Waals surface area contributed by atoms with E-state index in [-0.39, 0.29) is 0 Å². The van der Waals surface area contributed by atoms with Crippen molar-refractivity contribution < 1.29 is 4.42 Å². The minimum atomic E-state index is 0.460. The lowest BCUT2D eigenvalue weighted by molar-refractivity contribution is 0.206. The number of oxazole rings is 1. The molecule has 0 unspecified atom stereocenters. The maximum Gasteiger partial charge on any atom is 0.198 e. The van der Waals surface area contributed by atoms with Crippen molar-refractivity contribution in [3.63, 3.8) is 0 Å². The first-order chi connectivity index (χ1) is 9.26. The molecule has 0 radical (unpaired) electrons. The smallest absolute Gasteiger partial charge is 0.198 e. The van der Waals surface area contributed by atoms with Crippen LogP contribution in [0.5, 0.6) is 0 Å². The summed E-state index contributed by atoms with van der Waals surface area (Å²) in [7, 11) is 0. The summed E-state index contributed by atoms with van der Waals surface area (Å²) >= 11 is 0. The molecule has 2 N–H and O–H groups in total. The molecule has 0 spiro atoms. The average Bonchev–Trinajstić information content (AvgIpc) is 2.83. The second-order valence-electron chi connectivity index (χ2n) is 5.43. The van der Waals surface area contributed by atoms with E-state index in [9.17, 15) is 0 Å². The SMILES string of the molecule is Cc1ccc2nc(C3CCN(CCN)CC3)oc2c1. The minimum Gasteiger partial charge on any atom is -0.440 e. The quantitative estimate of drug-likeness (QED) is 0.918. The summed E-state index contributed by atoms with van der Waals surface area (Å²) in [5, 5.41) is 0. The van der Waals surface area contributed by atoms with Crippen LogP contribution in [0.3, 0.4) is 0 Å². The van der Waals surface area contributed by atoms with Crippen LogP contribution in [0.4, 0.5) is 0 Å². The Kier molecular flexibility index (Phi) is 3.53. The Hall–Kier alpha value is -1.39. The molecule has 0 amide bonds. The van der Waals surface area contributed by atoms with Crippen LogP contribution < -0.4 is 5.73 Å². The molecule has 2 aromatic rings. The highest BCUT2D eigenvalue weighted by Crippen LogP contribution is 2.30. The lowest BCUT2D eigenvalue weighted by Gasteiger charge is -2.29. The number of nitrogens with two attached hydrogens (primary N) is 1. The van der Waals surface area contributed by atoms with E-state index < -0.39 is 0 Å². The third-order valence-corrected chi connectivity index (χ3v) is 3.94. The van der Waals surface area contributed by atoms with E-state index >= 15 is 0 Å². The molecule has 3 rings (SSSR count). The van der Waals surface area contributed by atoms with Gasteiger partial charge in [-0.3, -0.25) is 0 Å². The first-order valence-electron chi connectivity index (χ1n) is 7.06. The van der Waals surface area contributed by atoms with Gasteiger partial charge < -0.3 is 15.1 Å². The molecule has 0 atom stereocenters. The number of aromatic nitrogens is 1. The van der Waals surface area contributed by atoms with Crippen LogP contribution in [0.25, 0.3) is 11.1 Å². The van der Waals surface area contributed by atoms with Gasteiger partial charge in [0.25, 0.3) is 0 Å². The van der Waals surface area contributed by atoms with Crippen molar-refractivity contribution in [2.45, 2.75) is 25.7 Å². The maximum atomic E-state index is 5.93. The first-order valence-corrected chi connectivity index (χ1v) is 7.06. The summed E-state index contributed by atoms with van der Waals surface area (Å²) in [4.78, 5) is 7.06. The van der Waals surface area contributed by atoms with Crippen molar-refractivity contribution in [3.8, 4) is 0 Å². The van der Waals surface area contributed by atoms with Crippen LogP contribution in [0, 0.1) is 6.92 Å². The molecule has 2 heterocycles. The summed E-state index contributed by atoms with van der Waals surface area (Å²) in [6.07, 6.45) is 2.23. The zero-order valence-electron chi connectivity index (χ0n) is 11.4. The zero-order chi connectivity index (χ0) is 13.2. The number of rotatable bonds is 3. The van der Waals surface area contributed by atoms with E-state index in [2.05, 4.69) is 28.9 Å². The van der Waals surface area contributed by atoms with Crippen molar-refractivity contribution >= 4 is 11.1 Å². The molecule has 1 aliphatic rings. The summed E-state index contributed by atoms with van der Waals surface area (Å²) in [6.45, 7) is 6.01. The molecule has 102 valence electrons. The number of piperidine rings is 1. The third kappa shape index (κ3) is 2.65. The minimum absolute atomic E-state index is 0.460. The highest BCUT2D eigenvalue weighted by Gasteiger charge is 2.24.